The lowest BCUT2D eigenvalue weighted by atomic mass is 9.80. The van der Waals surface area contributed by atoms with E-state index in [4.69, 9.17) is 17.3 Å². The second-order valence-corrected chi connectivity index (χ2v) is 4.44. The van der Waals surface area contributed by atoms with Gasteiger partial charge in [0, 0.05) is 5.03 Å². The highest BCUT2D eigenvalue weighted by Crippen LogP contribution is 2.35. The average Bonchev–Trinajstić information content (AvgIpc) is 2.33. The molecule has 1 aromatic carbocycles. The van der Waals surface area contributed by atoms with Crippen molar-refractivity contribution in [3.63, 3.8) is 0 Å². The molecule has 16 heavy (non-hydrogen) atoms. The predicted octanol–water partition coefficient (Wildman–Crippen LogP) is 2.28. The minimum atomic E-state index is -1.16. The molecule has 2 atom stereocenters. The van der Waals surface area contributed by atoms with Gasteiger partial charge in [-0.15, -0.1) is 0 Å². The molecule has 0 fully saturated rings. The van der Waals surface area contributed by atoms with Crippen molar-refractivity contribution in [3.8, 4) is 0 Å². The van der Waals surface area contributed by atoms with Crippen molar-refractivity contribution in [2.75, 3.05) is 0 Å². The molecule has 2 nitrogen and oxygen atoms in total. The highest BCUT2D eigenvalue weighted by Gasteiger charge is 2.37. The minimum Gasteiger partial charge on any atom is -0.379 e. The molecule has 0 heterocycles. The molecule has 2 unspecified atom stereocenters. The van der Waals surface area contributed by atoms with Gasteiger partial charge in [-0.25, -0.2) is 0 Å². The van der Waals surface area contributed by atoms with E-state index in [2.05, 4.69) is 0 Å². The SMILES string of the molecule is CC1=C(Cl)C=CC(O)(c2ccccc2)C1N. The molecule has 84 valence electrons. The standard InChI is InChI=1S/C13H14ClNO/c1-9-11(14)7-8-13(16,12(9)15)10-5-3-2-4-6-10/h2-8,12,16H,15H2,1H3. The monoisotopic (exact) mass is 235 g/mol. The van der Waals surface area contributed by atoms with Gasteiger partial charge in [-0.2, -0.15) is 0 Å². The summed E-state index contributed by atoms with van der Waals surface area (Å²) in [5.41, 5.74) is 6.45. The first-order chi connectivity index (χ1) is 7.55. The molecular weight excluding hydrogens is 222 g/mol. The highest BCUT2D eigenvalue weighted by molar-refractivity contribution is 6.31. The van der Waals surface area contributed by atoms with E-state index in [-0.39, 0.29) is 0 Å². The number of nitrogens with two attached hydrogens (primary N) is 1. The van der Waals surface area contributed by atoms with Crippen LogP contribution >= 0.6 is 11.6 Å². The number of benzene rings is 1. The molecule has 0 radical (unpaired) electrons. The van der Waals surface area contributed by atoms with Crippen molar-refractivity contribution in [2.24, 2.45) is 5.73 Å². The van der Waals surface area contributed by atoms with Crippen LogP contribution in [0.25, 0.3) is 0 Å². The van der Waals surface area contributed by atoms with Gasteiger partial charge in [0.15, 0.2) is 0 Å². The average molecular weight is 236 g/mol. The molecule has 0 amide bonds. The third kappa shape index (κ3) is 1.69. The van der Waals surface area contributed by atoms with Crippen molar-refractivity contribution in [2.45, 2.75) is 18.6 Å². The van der Waals surface area contributed by atoms with E-state index >= 15 is 0 Å². The first-order valence-electron chi connectivity index (χ1n) is 5.14. The summed E-state index contributed by atoms with van der Waals surface area (Å²) in [5, 5.41) is 11.2. The number of allylic oxidation sites excluding steroid dienone is 2. The molecule has 3 heteroatoms. The Bertz CT molecular complexity index is 452. The number of rotatable bonds is 1. The van der Waals surface area contributed by atoms with Gasteiger partial charge in [-0.3, -0.25) is 0 Å². The van der Waals surface area contributed by atoms with Crippen LogP contribution < -0.4 is 5.73 Å². The molecular formula is C13H14ClNO. The van der Waals surface area contributed by atoms with Crippen LogP contribution in [0.15, 0.2) is 53.1 Å². The summed E-state index contributed by atoms with van der Waals surface area (Å²) in [6.45, 7) is 1.84. The molecule has 1 aliphatic rings. The van der Waals surface area contributed by atoms with Gasteiger partial charge in [-0.1, -0.05) is 41.9 Å². The quantitative estimate of drug-likeness (QED) is 0.785. The number of aliphatic hydroxyl groups is 1. The Morgan fingerprint density at radius 2 is 1.94 bits per heavy atom. The van der Waals surface area contributed by atoms with Crippen LogP contribution in [0, 0.1) is 0 Å². The van der Waals surface area contributed by atoms with E-state index in [9.17, 15) is 5.11 Å². The van der Waals surface area contributed by atoms with Crippen molar-refractivity contribution < 1.29 is 5.11 Å². The van der Waals surface area contributed by atoms with Crippen molar-refractivity contribution in [1.29, 1.82) is 0 Å². The summed E-state index contributed by atoms with van der Waals surface area (Å²) in [5.74, 6) is 0. The molecule has 2 rings (SSSR count). The van der Waals surface area contributed by atoms with Crippen molar-refractivity contribution in [3.05, 3.63) is 58.7 Å². The van der Waals surface area contributed by atoms with E-state index in [1.54, 1.807) is 12.2 Å². The van der Waals surface area contributed by atoms with Gasteiger partial charge in [0.05, 0.1) is 6.04 Å². The summed E-state index contributed by atoms with van der Waals surface area (Å²) in [7, 11) is 0. The third-order valence-electron chi connectivity index (χ3n) is 3.04. The van der Waals surface area contributed by atoms with Crippen LogP contribution in [0.4, 0.5) is 0 Å². The van der Waals surface area contributed by atoms with Gasteiger partial charge in [-0.05, 0) is 30.2 Å². The molecule has 0 spiro atoms. The van der Waals surface area contributed by atoms with Gasteiger partial charge in [0.2, 0.25) is 0 Å². The van der Waals surface area contributed by atoms with E-state index in [1.165, 1.54) is 0 Å². The number of hydrogen-bond acceptors (Lipinski definition) is 2. The lowest BCUT2D eigenvalue weighted by Crippen LogP contribution is -2.46. The van der Waals surface area contributed by atoms with E-state index < -0.39 is 11.6 Å². The lowest BCUT2D eigenvalue weighted by molar-refractivity contribution is 0.0701. The maximum absolute atomic E-state index is 10.6. The lowest BCUT2D eigenvalue weighted by Gasteiger charge is -2.35. The Kier molecular flexibility index (Phi) is 2.89. The predicted molar refractivity (Wildman–Crippen MR) is 66.0 cm³/mol. The Morgan fingerprint density at radius 1 is 1.31 bits per heavy atom. The van der Waals surface area contributed by atoms with Crippen LogP contribution in [-0.4, -0.2) is 11.1 Å². The molecule has 0 saturated heterocycles. The molecule has 0 aromatic heterocycles. The first-order valence-corrected chi connectivity index (χ1v) is 5.52. The summed E-state index contributed by atoms with van der Waals surface area (Å²) in [6, 6.07) is 8.87. The van der Waals surface area contributed by atoms with Gasteiger partial charge in [0.1, 0.15) is 5.60 Å². The van der Waals surface area contributed by atoms with Gasteiger partial charge < -0.3 is 10.8 Å². The van der Waals surface area contributed by atoms with Crippen LogP contribution in [0.2, 0.25) is 0 Å². The van der Waals surface area contributed by atoms with Gasteiger partial charge in [0.25, 0.3) is 0 Å². The maximum Gasteiger partial charge on any atom is 0.127 e. The van der Waals surface area contributed by atoms with E-state index in [0.717, 1.165) is 11.1 Å². The summed E-state index contributed by atoms with van der Waals surface area (Å²) in [6.07, 6.45) is 3.36. The fraction of sp³-hybridized carbons (Fsp3) is 0.231. The van der Waals surface area contributed by atoms with Crippen LogP contribution in [0.1, 0.15) is 12.5 Å². The molecule has 0 aliphatic heterocycles. The second kappa shape index (κ2) is 4.06. The number of hydrogen-bond donors (Lipinski definition) is 2. The zero-order chi connectivity index (χ0) is 11.8. The topological polar surface area (TPSA) is 46.2 Å². The molecule has 1 aromatic rings. The number of halogens is 1. The molecule has 0 saturated carbocycles. The molecule has 0 bridgehead atoms. The fourth-order valence-electron chi connectivity index (χ4n) is 1.89. The van der Waals surface area contributed by atoms with Crippen LogP contribution in [0.3, 0.4) is 0 Å². The van der Waals surface area contributed by atoms with E-state index in [1.807, 2.05) is 37.3 Å². The molecule has 3 N–H and O–H groups in total. The zero-order valence-corrected chi connectivity index (χ0v) is 9.78. The third-order valence-corrected chi connectivity index (χ3v) is 3.46. The van der Waals surface area contributed by atoms with Crippen LogP contribution in [0.5, 0.6) is 0 Å². The highest BCUT2D eigenvalue weighted by atomic mass is 35.5. The Labute approximate surface area is 100 Å². The first kappa shape index (κ1) is 11.4. The Morgan fingerprint density at radius 3 is 2.56 bits per heavy atom. The smallest absolute Gasteiger partial charge is 0.127 e. The largest absolute Gasteiger partial charge is 0.379 e. The summed E-state index contributed by atoms with van der Waals surface area (Å²) in [4.78, 5) is 0. The minimum absolute atomic E-state index is 0.507. The summed E-state index contributed by atoms with van der Waals surface area (Å²) >= 11 is 5.98. The van der Waals surface area contributed by atoms with Crippen LogP contribution in [-0.2, 0) is 5.60 Å². The normalized spacial score (nSPS) is 29.6. The summed E-state index contributed by atoms with van der Waals surface area (Å²) < 4.78 is 0. The fourth-order valence-corrected chi connectivity index (χ4v) is 2.08. The second-order valence-electron chi connectivity index (χ2n) is 4.03. The Hall–Kier alpha value is -1.09. The molecule has 1 aliphatic carbocycles. The van der Waals surface area contributed by atoms with Gasteiger partial charge >= 0.3 is 0 Å². The zero-order valence-electron chi connectivity index (χ0n) is 9.02. The van der Waals surface area contributed by atoms with E-state index in [0.29, 0.717) is 5.03 Å². The van der Waals surface area contributed by atoms with Crippen molar-refractivity contribution >= 4 is 11.6 Å². The Balaban J connectivity index is 2.47. The van der Waals surface area contributed by atoms with Crippen molar-refractivity contribution in [1.82, 2.24) is 0 Å². The maximum atomic E-state index is 10.6.